The van der Waals surface area contributed by atoms with Crippen LogP contribution in [0.3, 0.4) is 0 Å². The molecule has 0 saturated carbocycles. The van der Waals surface area contributed by atoms with Crippen molar-refractivity contribution < 1.29 is 30.7 Å². The molecule has 12 heteroatoms. The largest absolute Gasteiger partial charge is 0.436 e. The van der Waals surface area contributed by atoms with Crippen LogP contribution < -0.4 is 0 Å². The molecule has 2 rings (SSSR count). The van der Waals surface area contributed by atoms with Gasteiger partial charge in [0.05, 0.1) is 15.7 Å². The van der Waals surface area contributed by atoms with Gasteiger partial charge in [-0.15, -0.1) is 0 Å². The number of alkyl halides is 7. The van der Waals surface area contributed by atoms with Crippen LogP contribution in [-0.2, 0) is 5.67 Å². The third kappa shape index (κ3) is 3.03. The van der Waals surface area contributed by atoms with Crippen molar-refractivity contribution in [3.8, 4) is 5.82 Å². The number of hydrogen-bond donors (Lipinski definition) is 0. The van der Waals surface area contributed by atoms with Gasteiger partial charge in [0, 0.05) is 18.0 Å². The highest BCUT2D eigenvalue weighted by molar-refractivity contribution is 9.10. The fourth-order valence-electron chi connectivity index (χ4n) is 1.69. The highest BCUT2D eigenvalue weighted by Gasteiger charge is 2.73. The third-order valence-electron chi connectivity index (χ3n) is 2.77. The van der Waals surface area contributed by atoms with E-state index in [0.29, 0.717) is 4.47 Å². The molecule has 0 radical (unpaired) electrons. The van der Waals surface area contributed by atoms with Gasteiger partial charge in [-0.1, -0.05) is 11.6 Å². The molecule has 2 aromatic heterocycles. The predicted molar refractivity (Wildman–Crippen MR) is 69.0 cm³/mol. The van der Waals surface area contributed by atoms with Crippen molar-refractivity contribution in [3.05, 3.63) is 39.7 Å². The Labute approximate surface area is 137 Å². The van der Waals surface area contributed by atoms with Crippen molar-refractivity contribution in [2.24, 2.45) is 0 Å². The maximum Gasteiger partial charge on any atom is 0.436 e. The molecule has 0 amide bonds. The van der Waals surface area contributed by atoms with Crippen LogP contribution in [0.5, 0.6) is 0 Å². The molecule has 0 saturated heterocycles. The van der Waals surface area contributed by atoms with Crippen molar-refractivity contribution in [1.82, 2.24) is 14.8 Å². The molecule has 0 spiro atoms. The van der Waals surface area contributed by atoms with Crippen molar-refractivity contribution in [1.29, 1.82) is 0 Å². The summed E-state index contributed by atoms with van der Waals surface area (Å²) in [4.78, 5) is 3.36. The summed E-state index contributed by atoms with van der Waals surface area (Å²) in [6, 6.07) is 0.223. The summed E-state index contributed by atoms with van der Waals surface area (Å²) in [5.41, 5.74) is -7.35. The smallest absolute Gasteiger partial charge is 0.235 e. The van der Waals surface area contributed by atoms with E-state index in [4.69, 9.17) is 11.6 Å². The van der Waals surface area contributed by atoms with Gasteiger partial charge in [-0.05, 0) is 22.0 Å². The molecule has 2 aromatic rings. The second kappa shape index (κ2) is 5.62. The molecule has 0 atom stereocenters. The quantitative estimate of drug-likeness (QED) is 0.635. The molecular formula is C11H4BrClF7N3. The number of nitrogens with zero attached hydrogens (tertiary/aromatic N) is 3. The van der Waals surface area contributed by atoms with Crippen LogP contribution in [0.15, 0.2) is 29.1 Å². The molecule has 0 aromatic carbocycles. The van der Waals surface area contributed by atoms with E-state index in [1.54, 1.807) is 0 Å². The lowest BCUT2D eigenvalue weighted by Gasteiger charge is -2.30. The van der Waals surface area contributed by atoms with Gasteiger partial charge in [0.25, 0.3) is 0 Å². The topological polar surface area (TPSA) is 30.7 Å². The van der Waals surface area contributed by atoms with Crippen LogP contribution in [0.1, 0.15) is 5.56 Å². The highest BCUT2D eigenvalue weighted by Crippen LogP contribution is 2.53. The Morgan fingerprint density at radius 3 is 1.96 bits per heavy atom. The first-order chi connectivity index (χ1) is 10.4. The first-order valence-corrected chi connectivity index (χ1v) is 6.74. The Morgan fingerprint density at radius 2 is 1.57 bits per heavy atom. The standard InChI is InChI=1S/C11H4BrClF7N3/c12-6-3-22-23(4-6)8-7(13)1-5(2-21-8)9(14,10(15,16)17)11(18,19)20/h1-4H. The molecular weight excluding hydrogens is 422 g/mol. The number of hydrogen-bond acceptors (Lipinski definition) is 2. The zero-order valence-electron chi connectivity index (χ0n) is 10.6. The maximum atomic E-state index is 13.9. The van der Waals surface area contributed by atoms with Gasteiger partial charge in [-0.2, -0.15) is 31.4 Å². The van der Waals surface area contributed by atoms with Crippen LogP contribution in [0.4, 0.5) is 30.7 Å². The van der Waals surface area contributed by atoms with E-state index < -0.39 is 28.6 Å². The molecule has 0 unspecified atom stereocenters. The van der Waals surface area contributed by atoms with Gasteiger partial charge in [0.15, 0.2) is 5.82 Å². The maximum absolute atomic E-state index is 13.9. The first kappa shape index (κ1) is 18.0. The van der Waals surface area contributed by atoms with Gasteiger partial charge < -0.3 is 0 Å². The summed E-state index contributed by atoms with van der Waals surface area (Å²) in [5, 5.41) is 3.09. The minimum Gasteiger partial charge on any atom is -0.235 e. The van der Waals surface area contributed by atoms with E-state index in [2.05, 4.69) is 26.0 Å². The summed E-state index contributed by atoms with van der Waals surface area (Å²) in [6.07, 6.45) is -9.74. The van der Waals surface area contributed by atoms with E-state index >= 15 is 0 Å². The van der Waals surface area contributed by atoms with Gasteiger partial charge in [-0.3, -0.25) is 0 Å². The molecule has 126 valence electrons. The summed E-state index contributed by atoms with van der Waals surface area (Å²) in [7, 11) is 0. The van der Waals surface area contributed by atoms with E-state index in [1.165, 1.54) is 12.4 Å². The van der Waals surface area contributed by atoms with Crippen LogP contribution in [0.2, 0.25) is 5.02 Å². The summed E-state index contributed by atoms with van der Waals surface area (Å²) in [6.45, 7) is 0. The molecule has 23 heavy (non-hydrogen) atoms. The molecule has 0 aliphatic heterocycles. The number of halogens is 9. The highest BCUT2D eigenvalue weighted by atomic mass is 79.9. The number of rotatable bonds is 2. The van der Waals surface area contributed by atoms with E-state index in [1.807, 2.05) is 0 Å². The van der Waals surface area contributed by atoms with Crippen molar-refractivity contribution >= 4 is 27.5 Å². The minimum absolute atomic E-state index is 0.123. The molecule has 0 N–H and O–H groups in total. The summed E-state index contributed by atoms with van der Waals surface area (Å²) in [5.74, 6) is -0.257. The lowest BCUT2D eigenvalue weighted by atomic mass is 9.96. The first-order valence-electron chi connectivity index (χ1n) is 5.57. The van der Waals surface area contributed by atoms with Crippen molar-refractivity contribution in [3.63, 3.8) is 0 Å². The fourth-order valence-corrected chi connectivity index (χ4v) is 2.23. The molecule has 3 nitrogen and oxygen atoms in total. The second-order valence-electron chi connectivity index (χ2n) is 4.29. The van der Waals surface area contributed by atoms with E-state index in [0.717, 1.165) is 4.68 Å². The van der Waals surface area contributed by atoms with Gasteiger partial charge in [0.1, 0.15) is 0 Å². The Hall–Kier alpha value is -1.36. The van der Waals surface area contributed by atoms with Crippen LogP contribution in [-0.4, -0.2) is 27.1 Å². The molecule has 0 fully saturated rings. The van der Waals surface area contributed by atoms with Gasteiger partial charge in [0.2, 0.25) is 0 Å². The normalized spacial score (nSPS) is 13.4. The van der Waals surface area contributed by atoms with Crippen molar-refractivity contribution in [2.75, 3.05) is 0 Å². The Bertz CT molecular complexity index is 711. The molecule has 0 aliphatic rings. The number of aromatic nitrogens is 3. The predicted octanol–water partition coefficient (Wildman–Crippen LogP) is 4.97. The third-order valence-corrected chi connectivity index (χ3v) is 3.46. The van der Waals surface area contributed by atoms with Crippen LogP contribution in [0, 0.1) is 0 Å². The minimum atomic E-state index is -6.23. The Balaban J connectivity index is 2.58. The fraction of sp³-hybridized carbons (Fsp3) is 0.273. The SMILES string of the molecule is FC(F)(F)C(F)(c1cnc(-n2cc(Br)cn2)c(Cl)c1)C(F)(F)F. The molecule has 0 aliphatic carbocycles. The van der Waals surface area contributed by atoms with E-state index in [9.17, 15) is 30.7 Å². The average molecular weight is 427 g/mol. The van der Waals surface area contributed by atoms with E-state index in [-0.39, 0.29) is 18.1 Å². The summed E-state index contributed by atoms with van der Waals surface area (Å²) < 4.78 is 91.3. The monoisotopic (exact) mass is 425 g/mol. The summed E-state index contributed by atoms with van der Waals surface area (Å²) >= 11 is 8.68. The lowest BCUT2D eigenvalue weighted by Crippen LogP contribution is -2.50. The Morgan fingerprint density at radius 1 is 1.00 bits per heavy atom. The zero-order valence-corrected chi connectivity index (χ0v) is 12.9. The lowest BCUT2D eigenvalue weighted by molar-refractivity contribution is -0.348. The molecule has 0 bridgehead atoms. The van der Waals surface area contributed by atoms with Gasteiger partial charge >= 0.3 is 18.0 Å². The average Bonchev–Trinajstić information content (AvgIpc) is 2.81. The number of pyridine rings is 1. The zero-order chi connectivity index (χ0) is 17.6. The van der Waals surface area contributed by atoms with Crippen LogP contribution >= 0.6 is 27.5 Å². The molecule has 2 heterocycles. The Kier molecular flexibility index (Phi) is 4.39. The van der Waals surface area contributed by atoms with Crippen molar-refractivity contribution in [2.45, 2.75) is 18.0 Å². The van der Waals surface area contributed by atoms with Crippen LogP contribution in [0.25, 0.3) is 5.82 Å². The second-order valence-corrected chi connectivity index (χ2v) is 5.61. The van der Waals surface area contributed by atoms with Gasteiger partial charge in [-0.25, -0.2) is 14.1 Å².